The van der Waals surface area contributed by atoms with E-state index in [1.54, 1.807) is 5.32 Å². The van der Waals surface area contributed by atoms with E-state index in [0.29, 0.717) is 18.3 Å². The topological polar surface area (TPSA) is 67.5 Å². The molecule has 0 heterocycles. The number of alkyl halides is 3. The van der Waals surface area contributed by atoms with E-state index in [1.165, 1.54) is 0 Å². The van der Waals surface area contributed by atoms with Crippen LogP contribution in [0.3, 0.4) is 0 Å². The SMILES string of the molecule is CN=CC(=C(N)C(F)(F)F)c1cc(F)c(NC(=O)c2c(F)cccc2F)cc1F. The maximum Gasteiger partial charge on any atom is 0.431 e. The van der Waals surface area contributed by atoms with Crippen LogP contribution in [0.25, 0.3) is 5.57 Å². The Morgan fingerprint density at radius 3 is 2.14 bits per heavy atom. The minimum absolute atomic E-state index is 0.346. The van der Waals surface area contributed by atoms with Crippen LogP contribution in [-0.2, 0) is 0 Å². The van der Waals surface area contributed by atoms with Gasteiger partial charge >= 0.3 is 6.18 Å². The Morgan fingerprint density at radius 2 is 1.62 bits per heavy atom. The molecule has 0 fully saturated rings. The number of allylic oxidation sites excluding steroid dienone is 2. The van der Waals surface area contributed by atoms with E-state index in [9.17, 15) is 35.5 Å². The summed E-state index contributed by atoms with van der Waals surface area (Å²) in [6.45, 7) is 0. The summed E-state index contributed by atoms with van der Waals surface area (Å²) < 4.78 is 94.5. The molecule has 0 aliphatic rings. The lowest BCUT2D eigenvalue weighted by Crippen LogP contribution is -2.22. The minimum atomic E-state index is -5.05. The number of aliphatic imine (C=N–C) groups is 1. The number of carbonyl (C=O) groups excluding carboxylic acids is 1. The van der Waals surface area contributed by atoms with Gasteiger partial charge in [-0.15, -0.1) is 0 Å². The molecule has 11 heteroatoms. The predicted octanol–water partition coefficient (Wildman–Crippen LogP) is 4.43. The first-order chi connectivity index (χ1) is 13.5. The first-order valence-electron chi connectivity index (χ1n) is 7.71. The van der Waals surface area contributed by atoms with E-state index in [1.807, 2.05) is 0 Å². The molecule has 0 atom stereocenters. The van der Waals surface area contributed by atoms with Crippen LogP contribution in [0.4, 0.5) is 36.4 Å². The molecule has 0 saturated carbocycles. The minimum Gasteiger partial charge on any atom is -0.394 e. The standard InChI is InChI=1S/C18H12F7N3O/c1-27-7-9(16(26)18(23,24)25)8-5-13(22)14(6-12(8)21)28-17(29)15-10(19)3-2-4-11(15)20/h2-7H,26H2,1H3,(H,28,29). The Bertz CT molecular complexity index is 993. The number of benzene rings is 2. The first kappa shape index (κ1) is 21.9. The van der Waals surface area contributed by atoms with Crippen molar-refractivity contribution in [3.05, 3.63) is 70.4 Å². The number of nitrogens with two attached hydrogens (primary N) is 1. The monoisotopic (exact) mass is 419 g/mol. The van der Waals surface area contributed by atoms with Crippen LogP contribution in [-0.4, -0.2) is 25.3 Å². The smallest absolute Gasteiger partial charge is 0.394 e. The highest BCUT2D eigenvalue weighted by atomic mass is 19.4. The summed E-state index contributed by atoms with van der Waals surface area (Å²) >= 11 is 0. The fourth-order valence-electron chi connectivity index (χ4n) is 2.31. The molecule has 0 bridgehead atoms. The van der Waals surface area contributed by atoms with Crippen molar-refractivity contribution in [1.29, 1.82) is 0 Å². The Kier molecular flexibility index (Phi) is 6.30. The zero-order valence-corrected chi connectivity index (χ0v) is 14.5. The van der Waals surface area contributed by atoms with E-state index in [0.717, 1.165) is 25.2 Å². The molecular weight excluding hydrogens is 407 g/mol. The third kappa shape index (κ3) is 4.73. The molecule has 2 aromatic carbocycles. The molecule has 1 amide bonds. The molecule has 0 aliphatic carbocycles. The molecule has 3 N–H and O–H groups in total. The van der Waals surface area contributed by atoms with Gasteiger partial charge in [0.1, 0.15) is 34.5 Å². The summed E-state index contributed by atoms with van der Waals surface area (Å²) in [5.41, 5.74) is -0.442. The maximum atomic E-state index is 14.4. The van der Waals surface area contributed by atoms with Gasteiger partial charge in [0, 0.05) is 30.5 Å². The van der Waals surface area contributed by atoms with Crippen LogP contribution in [0, 0.1) is 23.3 Å². The number of nitrogens with zero attached hydrogens (tertiary/aromatic N) is 1. The summed E-state index contributed by atoms with van der Waals surface area (Å²) in [5.74, 6) is -6.68. The summed E-state index contributed by atoms with van der Waals surface area (Å²) in [5, 5.41) is 1.77. The molecule has 0 aromatic heterocycles. The van der Waals surface area contributed by atoms with Gasteiger partial charge in [-0.25, -0.2) is 17.6 Å². The zero-order valence-electron chi connectivity index (χ0n) is 14.5. The van der Waals surface area contributed by atoms with Gasteiger partial charge in [0.05, 0.1) is 5.69 Å². The molecule has 0 unspecified atom stereocenters. The van der Waals surface area contributed by atoms with Gasteiger partial charge in [-0.05, 0) is 18.2 Å². The van der Waals surface area contributed by atoms with Crippen LogP contribution in [0.5, 0.6) is 0 Å². The molecule has 0 radical (unpaired) electrons. The third-order valence-electron chi connectivity index (χ3n) is 3.64. The maximum absolute atomic E-state index is 14.4. The molecule has 2 aromatic rings. The highest BCUT2D eigenvalue weighted by Gasteiger charge is 2.35. The third-order valence-corrected chi connectivity index (χ3v) is 3.64. The second-order valence-corrected chi connectivity index (χ2v) is 5.58. The summed E-state index contributed by atoms with van der Waals surface area (Å²) in [7, 11) is 1.09. The van der Waals surface area contributed by atoms with Crippen molar-refractivity contribution in [3.8, 4) is 0 Å². The van der Waals surface area contributed by atoms with Gasteiger partial charge in [0.25, 0.3) is 5.91 Å². The summed E-state index contributed by atoms with van der Waals surface area (Å²) in [6.07, 6.45) is -4.46. The van der Waals surface area contributed by atoms with Crippen LogP contribution < -0.4 is 11.1 Å². The van der Waals surface area contributed by atoms with Gasteiger partial charge in [0.2, 0.25) is 0 Å². The van der Waals surface area contributed by atoms with Crippen molar-refractivity contribution in [3.63, 3.8) is 0 Å². The average Bonchev–Trinajstić information content (AvgIpc) is 2.61. The molecule has 154 valence electrons. The van der Waals surface area contributed by atoms with E-state index in [4.69, 9.17) is 5.73 Å². The van der Waals surface area contributed by atoms with Gasteiger partial charge in [-0.2, -0.15) is 13.2 Å². The van der Waals surface area contributed by atoms with Crippen LogP contribution in [0.2, 0.25) is 0 Å². The number of anilines is 1. The number of halogens is 7. The second-order valence-electron chi connectivity index (χ2n) is 5.58. The first-order valence-corrected chi connectivity index (χ1v) is 7.71. The quantitative estimate of drug-likeness (QED) is 0.569. The summed E-state index contributed by atoms with van der Waals surface area (Å²) in [6, 6.07) is 3.25. The van der Waals surface area contributed by atoms with Crippen LogP contribution >= 0.6 is 0 Å². The zero-order chi connectivity index (χ0) is 21.9. The van der Waals surface area contributed by atoms with Crippen LogP contribution in [0.15, 0.2) is 41.0 Å². The van der Waals surface area contributed by atoms with E-state index >= 15 is 0 Å². The normalized spacial score (nSPS) is 12.8. The molecule has 2 rings (SSSR count). The fraction of sp³-hybridized carbons (Fsp3) is 0.111. The van der Waals surface area contributed by atoms with Crippen molar-refractivity contribution >= 4 is 23.4 Å². The molecule has 4 nitrogen and oxygen atoms in total. The van der Waals surface area contributed by atoms with Crippen molar-refractivity contribution in [2.24, 2.45) is 10.7 Å². The second kappa shape index (κ2) is 8.33. The van der Waals surface area contributed by atoms with E-state index in [2.05, 4.69) is 4.99 Å². The van der Waals surface area contributed by atoms with Gasteiger partial charge in [0.15, 0.2) is 0 Å². The van der Waals surface area contributed by atoms with E-state index < -0.39 is 63.4 Å². The number of hydrogen-bond acceptors (Lipinski definition) is 3. The highest BCUT2D eigenvalue weighted by Crippen LogP contribution is 2.31. The number of hydrogen-bond donors (Lipinski definition) is 2. The number of rotatable bonds is 4. The van der Waals surface area contributed by atoms with Crippen molar-refractivity contribution in [1.82, 2.24) is 0 Å². The van der Waals surface area contributed by atoms with Gasteiger partial charge in [-0.1, -0.05) is 6.07 Å². The molecule has 0 saturated heterocycles. The Labute approximate surface area is 159 Å². The average molecular weight is 419 g/mol. The highest BCUT2D eigenvalue weighted by molar-refractivity contribution is 6.11. The van der Waals surface area contributed by atoms with Crippen molar-refractivity contribution in [2.75, 3.05) is 12.4 Å². The Hall–Kier alpha value is -3.37. The lowest BCUT2D eigenvalue weighted by Gasteiger charge is -2.14. The number of nitrogens with one attached hydrogen (secondary N) is 1. The predicted molar refractivity (Wildman–Crippen MR) is 92.2 cm³/mol. The molecule has 0 spiro atoms. The Balaban J connectivity index is 2.50. The molecule has 0 aliphatic heterocycles. The summed E-state index contributed by atoms with van der Waals surface area (Å²) in [4.78, 5) is 15.3. The lowest BCUT2D eigenvalue weighted by atomic mass is 10.0. The number of carbonyl (C=O) groups is 1. The fourth-order valence-corrected chi connectivity index (χ4v) is 2.31. The Morgan fingerprint density at radius 1 is 1.03 bits per heavy atom. The van der Waals surface area contributed by atoms with Gasteiger partial charge < -0.3 is 11.1 Å². The van der Waals surface area contributed by atoms with Crippen LogP contribution in [0.1, 0.15) is 15.9 Å². The molecular formula is C18H12F7N3O. The molecule has 29 heavy (non-hydrogen) atoms. The van der Waals surface area contributed by atoms with Crippen molar-refractivity contribution < 1.29 is 35.5 Å². The number of amides is 1. The van der Waals surface area contributed by atoms with Gasteiger partial charge in [-0.3, -0.25) is 9.79 Å². The van der Waals surface area contributed by atoms with Crippen molar-refractivity contribution in [2.45, 2.75) is 6.18 Å². The van der Waals surface area contributed by atoms with E-state index in [-0.39, 0.29) is 0 Å². The lowest BCUT2D eigenvalue weighted by molar-refractivity contribution is -0.0918. The largest absolute Gasteiger partial charge is 0.431 e.